The first-order valence-electron chi connectivity index (χ1n) is 7.43. The third-order valence-electron chi connectivity index (χ3n) is 3.44. The summed E-state index contributed by atoms with van der Waals surface area (Å²) < 4.78 is 10.9. The molecule has 1 aromatic heterocycles. The minimum absolute atomic E-state index is 0.0272. The van der Waals surface area contributed by atoms with Crippen molar-refractivity contribution in [3.63, 3.8) is 0 Å². The van der Waals surface area contributed by atoms with Crippen molar-refractivity contribution in [2.75, 3.05) is 20.3 Å². The van der Waals surface area contributed by atoms with Gasteiger partial charge in [0.05, 0.1) is 28.3 Å². The Morgan fingerprint density at radius 2 is 2.16 bits per heavy atom. The third kappa shape index (κ3) is 4.82. The van der Waals surface area contributed by atoms with E-state index in [2.05, 4.69) is 16.4 Å². The molecule has 0 saturated carbocycles. The third-order valence-corrected chi connectivity index (χ3v) is 4.05. The van der Waals surface area contributed by atoms with E-state index in [-0.39, 0.29) is 6.61 Å². The number of rotatable bonds is 7. The molecule has 1 aliphatic rings. The lowest BCUT2D eigenvalue weighted by Gasteiger charge is -2.32. The SMILES string of the molecule is COC1(OCCCO)C=CC(/C(C#N)=C/c2c(Cl)cncc2Cl)=CN1. The van der Waals surface area contributed by atoms with Crippen LogP contribution in [0.5, 0.6) is 0 Å². The minimum Gasteiger partial charge on any atom is -0.396 e. The fourth-order valence-electron chi connectivity index (χ4n) is 2.09. The van der Waals surface area contributed by atoms with Gasteiger partial charge in [-0.2, -0.15) is 5.26 Å². The molecule has 2 rings (SSSR count). The number of pyridine rings is 1. The zero-order valence-electron chi connectivity index (χ0n) is 13.5. The van der Waals surface area contributed by atoms with Gasteiger partial charge in [0.2, 0.25) is 0 Å². The lowest BCUT2D eigenvalue weighted by molar-refractivity contribution is -0.203. The molecule has 2 N–H and O–H groups in total. The quantitative estimate of drug-likeness (QED) is 0.428. The molecular formula is C17H17Cl2N3O3. The fourth-order valence-corrected chi connectivity index (χ4v) is 2.56. The van der Waals surface area contributed by atoms with Crippen molar-refractivity contribution in [1.82, 2.24) is 10.3 Å². The number of hydrogen-bond acceptors (Lipinski definition) is 6. The van der Waals surface area contributed by atoms with E-state index >= 15 is 0 Å². The predicted molar refractivity (Wildman–Crippen MR) is 95.6 cm³/mol. The number of nitrogens with zero attached hydrogens (tertiary/aromatic N) is 2. The Hall–Kier alpha value is -1.88. The second-order valence-corrected chi connectivity index (χ2v) is 5.88. The molecule has 8 heteroatoms. The van der Waals surface area contributed by atoms with Crippen LogP contribution in [0.3, 0.4) is 0 Å². The maximum atomic E-state index is 9.47. The van der Waals surface area contributed by atoms with Gasteiger partial charge in [0.1, 0.15) is 0 Å². The number of nitrogens with one attached hydrogen (secondary N) is 1. The van der Waals surface area contributed by atoms with Crippen molar-refractivity contribution < 1.29 is 14.6 Å². The van der Waals surface area contributed by atoms with Crippen LogP contribution in [-0.2, 0) is 9.47 Å². The highest BCUT2D eigenvalue weighted by atomic mass is 35.5. The van der Waals surface area contributed by atoms with E-state index in [0.29, 0.717) is 39.8 Å². The summed E-state index contributed by atoms with van der Waals surface area (Å²) in [5.74, 6) is -1.13. The van der Waals surface area contributed by atoms with Crippen LogP contribution in [0, 0.1) is 11.3 Å². The average molecular weight is 382 g/mol. The number of nitriles is 1. The molecule has 0 spiro atoms. The molecule has 0 saturated heterocycles. The Kier molecular flexibility index (Phi) is 7.00. The van der Waals surface area contributed by atoms with Gasteiger partial charge in [-0.15, -0.1) is 0 Å². The van der Waals surface area contributed by atoms with Crippen molar-refractivity contribution in [1.29, 1.82) is 5.26 Å². The Bertz CT molecular complexity index is 736. The molecule has 6 nitrogen and oxygen atoms in total. The van der Waals surface area contributed by atoms with Crippen molar-refractivity contribution in [2.24, 2.45) is 0 Å². The maximum Gasteiger partial charge on any atom is 0.270 e. The van der Waals surface area contributed by atoms with Gasteiger partial charge in [-0.1, -0.05) is 23.2 Å². The summed E-state index contributed by atoms with van der Waals surface area (Å²) in [4.78, 5) is 3.89. The number of allylic oxidation sites excluding steroid dienone is 3. The molecule has 132 valence electrons. The van der Waals surface area contributed by atoms with E-state index in [0.717, 1.165) is 0 Å². The molecule has 0 aliphatic carbocycles. The number of ether oxygens (including phenoxy) is 2. The lowest BCUT2D eigenvalue weighted by atomic mass is 10.0. The van der Waals surface area contributed by atoms with Crippen LogP contribution in [-0.4, -0.2) is 36.3 Å². The Morgan fingerprint density at radius 3 is 2.68 bits per heavy atom. The monoisotopic (exact) mass is 381 g/mol. The van der Waals surface area contributed by atoms with Gasteiger partial charge in [0, 0.05) is 43.4 Å². The summed E-state index contributed by atoms with van der Waals surface area (Å²) in [6, 6.07) is 2.12. The molecule has 1 unspecified atom stereocenters. The maximum absolute atomic E-state index is 9.47. The summed E-state index contributed by atoms with van der Waals surface area (Å²) in [5.41, 5.74) is 1.50. The molecule has 25 heavy (non-hydrogen) atoms. The molecule has 0 bridgehead atoms. The van der Waals surface area contributed by atoms with Crippen LogP contribution >= 0.6 is 23.2 Å². The fraction of sp³-hybridized carbons (Fsp3) is 0.294. The number of halogens is 2. The second kappa shape index (κ2) is 8.99. The highest BCUT2D eigenvalue weighted by Crippen LogP contribution is 2.28. The highest BCUT2D eigenvalue weighted by molar-refractivity contribution is 6.36. The van der Waals surface area contributed by atoms with Crippen LogP contribution in [0.15, 0.2) is 41.9 Å². The van der Waals surface area contributed by atoms with Crippen LogP contribution in [0.2, 0.25) is 10.0 Å². The van der Waals surface area contributed by atoms with E-state index in [1.54, 1.807) is 24.4 Å². The van der Waals surface area contributed by atoms with Crippen molar-refractivity contribution in [3.05, 3.63) is 57.5 Å². The molecular weight excluding hydrogens is 365 g/mol. The molecule has 0 radical (unpaired) electrons. The normalized spacial score (nSPS) is 20.0. The highest BCUT2D eigenvalue weighted by Gasteiger charge is 2.29. The van der Waals surface area contributed by atoms with Gasteiger partial charge in [-0.25, -0.2) is 0 Å². The van der Waals surface area contributed by atoms with E-state index in [1.807, 2.05) is 0 Å². The van der Waals surface area contributed by atoms with Crippen LogP contribution in [0.1, 0.15) is 12.0 Å². The lowest BCUT2D eigenvalue weighted by Crippen LogP contribution is -2.46. The van der Waals surface area contributed by atoms with Crippen molar-refractivity contribution >= 4 is 29.3 Å². The number of dihydropyridines is 1. The standard InChI is InChI=1S/C17H17Cl2N3O3/c1-24-17(25-6-2-5-23)4-3-12(9-22-17)13(8-20)7-14-15(18)10-21-11-16(14)19/h3-4,7,9-11,22-23H,2,5-6H2,1H3/b13-7+. The van der Waals surface area contributed by atoms with Gasteiger partial charge in [-0.05, 0) is 24.6 Å². The van der Waals surface area contributed by atoms with Crippen molar-refractivity contribution in [3.8, 4) is 6.07 Å². The molecule has 0 aromatic carbocycles. The predicted octanol–water partition coefficient (Wildman–Crippen LogP) is 3.04. The topological polar surface area (TPSA) is 87.4 Å². The Morgan fingerprint density at radius 1 is 1.44 bits per heavy atom. The first-order chi connectivity index (χ1) is 12.0. The molecule has 1 aromatic rings. The summed E-state index contributed by atoms with van der Waals surface area (Å²) >= 11 is 12.2. The van der Waals surface area contributed by atoms with Gasteiger partial charge in [-0.3, -0.25) is 4.98 Å². The number of aromatic nitrogens is 1. The largest absolute Gasteiger partial charge is 0.396 e. The average Bonchev–Trinajstić information content (AvgIpc) is 2.63. The van der Waals surface area contributed by atoms with Gasteiger partial charge < -0.3 is 19.9 Å². The van der Waals surface area contributed by atoms with E-state index in [4.69, 9.17) is 37.8 Å². The van der Waals surface area contributed by atoms with Crippen molar-refractivity contribution in [2.45, 2.75) is 12.3 Å². The first-order valence-corrected chi connectivity index (χ1v) is 8.19. The van der Waals surface area contributed by atoms with Gasteiger partial charge in [0.25, 0.3) is 5.91 Å². The van der Waals surface area contributed by atoms with Crippen LogP contribution < -0.4 is 5.32 Å². The van der Waals surface area contributed by atoms with Crippen LogP contribution in [0.25, 0.3) is 6.08 Å². The number of hydrogen-bond donors (Lipinski definition) is 2. The van der Waals surface area contributed by atoms with E-state index < -0.39 is 5.91 Å². The zero-order chi connectivity index (χ0) is 18.3. The van der Waals surface area contributed by atoms with E-state index in [9.17, 15) is 5.26 Å². The molecule has 2 heterocycles. The molecule has 0 amide bonds. The number of aliphatic hydroxyl groups excluding tert-OH is 1. The number of aliphatic hydroxyl groups is 1. The van der Waals surface area contributed by atoms with Gasteiger partial charge >= 0.3 is 0 Å². The second-order valence-electron chi connectivity index (χ2n) is 5.06. The first kappa shape index (κ1) is 19.4. The van der Waals surface area contributed by atoms with Gasteiger partial charge in [0.15, 0.2) is 0 Å². The Labute approximate surface area is 156 Å². The smallest absolute Gasteiger partial charge is 0.270 e. The summed E-state index contributed by atoms with van der Waals surface area (Å²) in [6.45, 7) is 0.341. The summed E-state index contributed by atoms with van der Waals surface area (Å²) in [7, 11) is 1.49. The van der Waals surface area contributed by atoms with E-state index in [1.165, 1.54) is 19.5 Å². The Balaban J connectivity index is 2.23. The van der Waals surface area contributed by atoms with Crippen LogP contribution in [0.4, 0.5) is 0 Å². The molecule has 0 fully saturated rings. The number of methoxy groups -OCH3 is 1. The molecule has 1 aliphatic heterocycles. The summed E-state index contributed by atoms with van der Waals surface area (Å²) in [5, 5.41) is 22.0. The minimum atomic E-state index is -1.13. The summed E-state index contributed by atoms with van der Waals surface area (Å²) in [6.07, 6.45) is 9.97. The molecule has 1 atom stereocenters. The zero-order valence-corrected chi connectivity index (χ0v) is 15.0.